The van der Waals surface area contributed by atoms with E-state index in [4.69, 9.17) is 0 Å². The number of fused-ring (bicyclic) bond motifs is 1. The summed E-state index contributed by atoms with van der Waals surface area (Å²) in [6.07, 6.45) is 3.88. The number of hydrogen-bond acceptors (Lipinski definition) is 4. The molecule has 0 aliphatic carbocycles. The van der Waals surface area contributed by atoms with Gasteiger partial charge in [0.05, 0.1) is 11.7 Å². The molecule has 27 heavy (non-hydrogen) atoms. The number of aliphatic hydroxyl groups excluding tert-OH is 1. The molecule has 2 N–H and O–H groups in total. The minimum absolute atomic E-state index is 0.149. The van der Waals surface area contributed by atoms with E-state index < -0.39 is 6.04 Å². The highest BCUT2D eigenvalue weighted by molar-refractivity contribution is 5.99. The summed E-state index contributed by atoms with van der Waals surface area (Å²) < 4.78 is 1.79. The molecule has 1 atom stereocenters. The van der Waals surface area contributed by atoms with Crippen LogP contribution in [-0.2, 0) is 4.79 Å². The van der Waals surface area contributed by atoms with Gasteiger partial charge in [0, 0.05) is 37.0 Å². The van der Waals surface area contributed by atoms with Crippen LogP contribution in [0.4, 0.5) is 0 Å². The first-order chi connectivity index (χ1) is 13.2. The van der Waals surface area contributed by atoms with Crippen molar-refractivity contribution in [3.63, 3.8) is 0 Å². The second-order valence-electron chi connectivity index (χ2n) is 6.49. The number of rotatable bonds is 4. The lowest BCUT2D eigenvalue weighted by molar-refractivity contribution is -0.128. The highest BCUT2D eigenvalue weighted by atomic mass is 16.3. The van der Waals surface area contributed by atoms with Crippen LogP contribution in [0.1, 0.15) is 16.8 Å². The molecule has 0 radical (unpaired) electrons. The van der Waals surface area contributed by atoms with Crippen LogP contribution in [0.25, 0.3) is 16.6 Å². The SMILES string of the molecule is O=C1NCCN(C(=O)c2cccc(-c3cnn4ccccc34)c2)C1CCO. The zero-order valence-corrected chi connectivity index (χ0v) is 14.7. The Morgan fingerprint density at radius 2 is 2.15 bits per heavy atom. The summed E-state index contributed by atoms with van der Waals surface area (Å²) in [7, 11) is 0. The molecule has 3 heterocycles. The molecule has 7 heteroatoms. The first kappa shape index (κ1) is 17.2. The maximum Gasteiger partial charge on any atom is 0.254 e. The Balaban J connectivity index is 1.67. The smallest absolute Gasteiger partial charge is 0.254 e. The molecule has 1 unspecified atom stereocenters. The number of piperazine rings is 1. The molecule has 1 aliphatic heterocycles. The minimum atomic E-state index is -0.642. The summed E-state index contributed by atoms with van der Waals surface area (Å²) in [5, 5.41) is 16.3. The summed E-state index contributed by atoms with van der Waals surface area (Å²) in [6.45, 7) is 0.695. The quantitative estimate of drug-likeness (QED) is 0.731. The lowest BCUT2D eigenvalue weighted by atomic mass is 10.0. The third kappa shape index (κ3) is 3.17. The van der Waals surface area contributed by atoms with Gasteiger partial charge in [0.2, 0.25) is 5.91 Å². The molecule has 1 fully saturated rings. The van der Waals surface area contributed by atoms with Crippen LogP contribution in [0.2, 0.25) is 0 Å². The van der Waals surface area contributed by atoms with Crippen molar-refractivity contribution in [1.82, 2.24) is 19.8 Å². The average molecular weight is 364 g/mol. The molecule has 0 bridgehead atoms. The van der Waals surface area contributed by atoms with Crippen LogP contribution in [0, 0.1) is 0 Å². The maximum atomic E-state index is 13.1. The van der Waals surface area contributed by atoms with Crippen LogP contribution in [0.5, 0.6) is 0 Å². The van der Waals surface area contributed by atoms with Crippen molar-refractivity contribution in [2.45, 2.75) is 12.5 Å². The Bertz CT molecular complexity index is 998. The zero-order chi connectivity index (χ0) is 18.8. The Morgan fingerprint density at radius 1 is 1.26 bits per heavy atom. The zero-order valence-electron chi connectivity index (χ0n) is 14.7. The molecule has 2 amide bonds. The fourth-order valence-electron chi connectivity index (χ4n) is 3.51. The molecule has 0 saturated carbocycles. The molecule has 1 aromatic carbocycles. The number of amides is 2. The second kappa shape index (κ2) is 7.20. The number of benzene rings is 1. The Kier molecular flexibility index (Phi) is 4.60. The Labute approximate surface area is 156 Å². The van der Waals surface area contributed by atoms with Gasteiger partial charge in [-0.15, -0.1) is 0 Å². The maximum absolute atomic E-state index is 13.1. The largest absolute Gasteiger partial charge is 0.396 e. The van der Waals surface area contributed by atoms with E-state index in [-0.39, 0.29) is 24.8 Å². The van der Waals surface area contributed by atoms with Crippen molar-refractivity contribution in [2.75, 3.05) is 19.7 Å². The number of pyridine rings is 1. The van der Waals surface area contributed by atoms with Gasteiger partial charge < -0.3 is 15.3 Å². The van der Waals surface area contributed by atoms with Gasteiger partial charge in [-0.05, 0) is 36.2 Å². The topological polar surface area (TPSA) is 86.9 Å². The van der Waals surface area contributed by atoms with Crippen molar-refractivity contribution in [3.05, 3.63) is 60.4 Å². The monoisotopic (exact) mass is 364 g/mol. The van der Waals surface area contributed by atoms with E-state index in [0.29, 0.717) is 18.7 Å². The highest BCUT2D eigenvalue weighted by Gasteiger charge is 2.33. The van der Waals surface area contributed by atoms with Gasteiger partial charge in [-0.25, -0.2) is 4.52 Å². The van der Waals surface area contributed by atoms with Crippen LogP contribution in [0.3, 0.4) is 0 Å². The minimum Gasteiger partial charge on any atom is -0.396 e. The fraction of sp³-hybridized carbons (Fsp3) is 0.250. The van der Waals surface area contributed by atoms with Gasteiger partial charge in [-0.1, -0.05) is 18.2 Å². The summed E-state index contributed by atoms with van der Waals surface area (Å²) in [4.78, 5) is 26.7. The molecular formula is C20H20N4O3. The van der Waals surface area contributed by atoms with Crippen molar-refractivity contribution in [2.24, 2.45) is 0 Å². The number of carbonyl (C=O) groups is 2. The van der Waals surface area contributed by atoms with Gasteiger partial charge in [0.1, 0.15) is 6.04 Å². The number of nitrogens with zero attached hydrogens (tertiary/aromatic N) is 3. The molecule has 3 aromatic rings. The number of nitrogens with one attached hydrogen (secondary N) is 1. The lowest BCUT2D eigenvalue weighted by Gasteiger charge is -2.34. The molecule has 7 nitrogen and oxygen atoms in total. The molecule has 0 spiro atoms. The summed E-state index contributed by atoms with van der Waals surface area (Å²) in [6, 6.07) is 12.5. The highest BCUT2D eigenvalue weighted by Crippen LogP contribution is 2.26. The fourth-order valence-corrected chi connectivity index (χ4v) is 3.51. The number of aliphatic hydroxyl groups is 1. The Hall–Kier alpha value is -3.19. The van der Waals surface area contributed by atoms with Gasteiger partial charge in [0.15, 0.2) is 0 Å². The van der Waals surface area contributed by atoms with E-state index in [1.165, 1.54) is 0 Å². The van der Waals surface area contributed by atoms with Crippen LogP contribution >= 0.6 is 0 Å². The van der Waals surface area contributed by atoms with Crippen molar-refractivity contribution < 1.29 is 14.7 Å². The number of carbonyl (C=O) groups excluding carboxylic acids is 2. The first-order valence-corrected chi connectivity index (χ1v) is 8.91. The molecule has 1 saturated heterocycles. The first-order valence-electron chi connectivity index (χ1n) is 8.91. The summed E-state index contributed by atoms with van der Waals surface area (Å²) in [5.41, 5.74) is 3.30. The predicted molar refractivity (Wildman–Crippen MR) is 100 cm³/mol. The molecular weight excluding hydrogens is 344 g/mol. The van der Waals surface area contributed by atoms with Crippen molar-refractivity contribution in [1.29, 1.82) is 0 Å². The van der Waals surface area contributed by atoms with Crippen LogP contribution in [0.15, 0.2) is 54.9 Å². The summed E-state index contributed by atoms with van der Waals surface area (Å²) >= 11 is 0. The number of aromatic nitrogens is 2. The molecule has 1 aliphatic rings. The summed E-state index contributed by atoms with van der Waals surface area (Å²) in [5.74, 6) is -0.427. The van der Waals surface area contributed by atoms with Gasteiger partial charge in [-0.3, -0.25) is 9.59 Å². The van der Waals surface area contributed by atoms with Crippen LogP contribution in [-0.4, -0.2) is 57.2 Å². The average Bonchev–Trinajstić information content (AvgIpc) is 3.13. The van der Waals surface area contributed by atoms with E-state index in [1.54, 1.807) is 21.7 Å². The van der Waals surface area contributed by atoms with Gasteiger partial charge in [0.25, 0.3) is 5.91 Å². The van der Waals surface area contributed by atoms with Gasteiger partial charge in [-0.2, -0.15) is 5.10 Å². The molecule has 2 aromatic heterocycles. The van der Waals surface area contributed by atoms with Crippen molar-refractivity contribution in [3.8, 4) is 11.1 Å². The third-order valence-corrected chi connectivity index (χ3v) is 4.84. The van der Waals surface area contributed by atoms with Crippen LogP contribution < -0.4 is 5.32 Å². The predicted octanol–water partition coefficient (Wildman–Crippen LogP) is 1.32. The van der Waals surface area contributed by atoms with E-state index in [9.17, 15) is 14.7 Å². The standard InChI is InChI=1S/C20H20N4O3/c25-11-7-18-19(26)21-8-10-23(18)20(27)15-5-3-4-14(12-15)16-13-22-24-9-2-1-6-17(16)24/h1-6,9,12-13,18,25H,7-8,10-11H2,(H,21,26). The van der Waals surface area contributed by atoms with Gasteiger partial charge >= 0.3 is 0 Å². The third-order valence-electron chi connectivity index (χ3n) is 4.84. The Morgan fingerprint density at radius 3 is 3.00 bits per heavy atom. The molecule has 138 valence electrons. The van der Waals surface area contributed by atoms with E-state index in [0.717, 1.165) is 16.6 Å². The normalized spacial score (nSPS) is 17.1. The van der Waals surface area contributed by atoms with E-state index in [1.807, 2.05) is 42.6 Å². The van der Waals surface area contributed by atoms with Crippen molar-refractivity contribution >= 4 is 17.3 Å². The molecule has 4 rings (SSSR count). The lowest BCUT2D eigenvalue weighted by Crippen LogP contribution is -2.57. The van der Waals surface area contributed by atoms with E-state index >= 15 is 0 Å². The number of hydrogen-bond donors (Lipinski definition) is 2. The second-order valence-corrected chi connectivity index (χ2v) is 6.49. The van der Waals surface area contributed by atoms with E-state index in [2.05, 4.69) is 10.4 Å².